The normalized spacial score (nSPS) is 15.0. The third kappa shape index (κ3) is 5.96. The fraction of sp³-hybridized carbons (Fsp3) is 0.368. The maximum absolute atomic E-state index is 13.1. The van der Waals surface area contributed by atoms with Crippen molar-refractivity contribution >= 4 is 17.4 Å². The molecule has 1 saturated heterocycles. The number of fused-ring (bicyclic) bond motifs is 1. The van der Waals surface area contributed by atoms with Crippen LogP contribution in [0.4, 0.5) is 19.0 Å². The largest absolute Gasteiger partial charge is 1.00 e. The predicted octanol–water partition coefficient (Wildman–Crippen LogP) is -1.90. The first-order valence-electron chi connectivity index (χ1n) is 9.38. The van der Waals surface area contributed by atoms with Gasteiger partial charge in [-0.2, -0.15) is 17.7 Å². The van der Waals surface area contributed by atoms with Crippen LogP contribution in [0.1, 0.15) is 24.2 Å². The number of carboxylic acid groups (broad SMARTS) is 1. The summed E-state index contributed by atoms with van der Waals surface area (Å²) in [5, 5.41) is 30.4. The molecule has 5 N–H and O–H groups in total. The molecule has 4 rings (SSSR count). The number of hydrogen-bond acceptors (Lipinski definition) is 8. The van der Waals surface area contributed by atoms with Gasteiger partial charge < -0.3 is 30.8 Å². The van der Waals surface area contributed by atoms with Crippen molar-refractivity contribution in [1.29, 1.82) is 0 Å². The van der Waals surface area contributed by atoms with Gasteiger partial charge in [-0.15, -0.1) is 15.3 Å². The number of carbonyl (C=O) groups is 1. The Bertz CT molecular complexity index is 1100. The molecule has 3 heterocycles. The molecule has 0 saturated carbocycles. The predicted molar refractivity (Wildman–Crippen MR) is 106 cm³/mol. The third-order valence-electron chi connectivity index (χ3n) is 5.17. The van der Waals surface area contributed by atoms with Crippen molar-refractivity contribution in [2.24, 2.45) is 0 Å². The molecule has 0 unspecified atom stereocenters. The maximum Gasteiger partial charge on any atom is 1.00 e. The van der Waals surface area contributed by atoms with Crippen LogP contribution in [0.3, 0.4) is 0 Å². The summed E-state index contributed by atoms with van der Waals surface area (Å²) in [4.78, 5) is 12.4. The Kier molecular flexibility index (Phi) is 9.45. The first-order valence-corrected chi connectivity index (χ1v) is 9.38. The third-order valence-corrected chi connectivity index (χ3v) is 5.17. The summed E-state index contributed by atoms with van der Waals surface area (Å²) in [6, 6.07) is 9.50. The molecule has 0 aliphatic carbocycles. The molecule has 34 heavy (non-hydrogen) atoms. The molecule has 1 aliphatic rings. The second kappa shape index (κ2) is 11.0. The Morgan fingerprint density at radius 2 is 1.71 bits per heavy atom. The molecule has 0 atom stereocenters. The number of aromatic nitrogens is 4. The van der Waals surface area contributed by atoms with E-state index in [2.05, 4.69) is 15.3 Å². The number of aliphatic hydroxyl groups is 1. The number of hydrogen-bond donors (Lipinski definition) is 2. The van der Waals surface area contributed by atoms with Gasteiger partial charge in [0, 0.05) is 13.1 Å². The summed E-state index contributed by atoms with van der Waals surface area (Å²) in [6.07, 6.45) is -4.01. The number of carboxylic acids is 1. The number of piperidine rings is 1. The average molecular weight is 479 g/mol. The van der Waals surface area contributed by atoms with Crippen LogP contribution in [0, 0.1) is 0 Å². The first kappa shape index (κ1) is 29.1. The number of anilines is 1. The number of nitrogens with zero attached hydrogens (tertiary/aromatic N) is 5. The zero-order valence-electron chi connectivity index (χ0n) is 18.0. The number of alkyl halides is 3. The number of halogens is 3. The molecule has 0 radical (unpaired) electrons. The molecule has 0 spiro atoms. The van der Waals surface area contributed by atoms with Crippen LogP contribution in [0.2, 0.25) is 0 Å². The molecule has 0 bridgehead atoms. The van der Waals surface area contributed by atoms with E-state index < -0.39 is 30.2 Å². The van der Waals surface area contributed by atoms with Crippen LogP contribution in [0.15, 0.2) is 36.4 Å². The van der Waals surface area contributed by atoms with Gasteiger partial charge in [-0.1, -0.05) is 12.1 Å². The van der Waals surface area contributed by atoms with Crippen LogP contribution >= 0.6 is 0 Å². The second-order valence-corrected chi connectivity index (χ2v) is 7.21. The molecule has 1 aromatic carbocycles. The van der Waals surface area contributed by atoms with Gasteiger partial charge in [0.25, 0.3) is 5.82 Å². The van der Waals surface area contributed by atoms with Crippen molar-refractivity contribution in [3.63, 3.8) is 0 Å². The molecule has 1 fully saturated rings. The molecular weight excluding hydrogens is 458 g/mol. The molecule has 11 nitrogen and oxygen atoms in total. The van der Waals surface area contributed by atoms with Crippen LogP contribution in [-0.2, 0) is 16.6 Å². The fourth-order valence-electron chi connectivity index (χ4n) is 3.53. The van der Waals surface area contributed by atoms with Crippen LogP contribution in [0.25, 0.3) is 5.65 Å². The SMILES string of the molecule is O.O=C(O)COc1ccc(C2(O)CCN(c3ccc4nnc(C(F)(F)F)n4n3)CC2)cc1.[Li+].[OH-]. The first-order chi connectivity index (χ1) is 14.7. The van der Waals surface area contributed by atoms with E-state index in [4.69, 9.17) is 9.84 Å². The van der Waals surface area contributed by atoms with E-state index in [1.54, 1.807) is 35.2 Å². The molecule has 3 aromatic rings. The number of ether oxygens (including phenoxy) is 1. The van der Waals surface area contributed by atoms with E-state index in [1.165, 1.54) is 6.07 Å². The molecule has 15 heteroatoms. The van der Waals surface area contributed by atoms with Crippen molar-refractivity contribution in [3.8, 4) is 5.75 Å². The maximum atomic E-state index is 13.1. The van der Waals surface area contributed by atoms with Crippen molar-refractivity contribution in [1.82, 2.24) is 19.8 Å². The van der Waals surface area contributed by atoms with Crippen molar-refractivity contribution in [2.45, 2.75) is 24.6 Å². The quantitative estimate of drug-likeness (QED) is 0.396. The summed E-state index contributed by atoms with van der Waals surface area (Å²) in [5.74, 6) is -1.57. The molecule has 1 aliphatic heterocycles. The zero-order valence-corrected chi connectivity index (χ0v) is 18.0. The minimum atomic E-state index is -4.67. The van der Waals surface area contributed by atoms with Gasteiger partial charge in [0.2, 0.25) is 0 Å². The van der Waals surface area contributed by atoms with Gasteiger partial charge in [-0.25, -0.2) is 4.79 Å². The van der Waals surface area contributed by atoms with Crippen molar-refractivity contribution in [2.75, 3.05) is 24.6 Å². The second-order valence-electron chi connectivity index (χ2n) is 7.21. The topological polar surface area (TPSA) is 175 Å². The number of rotatable bonds is 5. The van der Waals surface area contributed by atoms with E-state index >= 15 is 0 Å². The molecular formula is C19H21F3LiN5O6. The number of benzene rings is 1. The molecule has 2 aromatic heterocycles. The van der Waals surface area contributed by atoms with Crippen molar-refractivity contribution in [3.05, 3.63) is 47.8 Å². The monoisotopic (exact) mass is 479 g/mol. The van der Waals surface area contributed by atoms with E-state index in [0.29, 0.717) is 47.6 Å². The minimum absolute atomic E-state index is 0. The van der Waals surface area contributed by atoms with Crippen LogP contribution in [0.5, 0.6) is 5.75 Å². The Labute approximate surface area is 202 Å². The Morgan fingerprint density at radius 1 is 1.09 bits per heavy atom. The van der Waals surface area contributed by atoms with Gasteiger partial charge in [-0.05, 0) is 42.7 Å². The van der Waals surface area contributed by atoms with Gasteiger partial charge in [0.15, 0.2) is 12.3 Å². The van der Waals surface area contributed by atoms with E-state index in [9.17, 15) is 23.1 Å². The summed E-state index contributed by atoms with van der Waals surface area (Å²) >= 11 is 0. The van der Waals surface area contributed by atoms with E-state index in [1.807, 2.05) is 0 Å². The van der Waals surface area contributed by atoms with Crippen molar-refractivity contribution < 1.29 is 62.7 Å². The summed E-state index contributed by atoms with van der Waals surface area (Å²) in [7, 11) is 0. The molecule has 180 valence electrons. The Balaban J connectivity index is 0.00000193. The van der Waals surface area contributed by atoms with E-state index in [0.717, 1.165) is 0 Å². The average Bonchev–Trinajstić information content (AvgIpc) is 3.17. The minimum Gasteiger partial charge on any atom is -0.870 e. The van der Waals surface area contributed by atoms with Gasteiger partial charge in [-0.3, -0.25) is 0 Å². The van der Waals surface area contributed by atoms with Crippen LogP contribution < -0.4 is 28.5 Å². The fourth-order valence-corrected chi connectivity index (χ4v) is 3.53. The summed E-state index contributed by atoms with van der Waals surface area (Å²) < 4.78 is 45.0. The van der Waals surface area contributed by atoms with Gasteiger partial charge >= 0.3 is 31.0 Å². The smallest absolute Gasteiger partial charge is 0.870 e. The Hall–Kier alpha value is -2.89. The Morgan fingerprint density at radius 3 is 2.26 bits per heavy atom. The standard InChI is InChI=1S/C19H18F3N5O4.Li.2H2O/c20-19(21,22)17-24-23-14-5-6-15(25-27(14)17)26-9-7-18(30,8-10-26)12-1-3-13(4-2-12)31-11-16(28)29;;;/h1-6,30H,7-11H2,(H,28,29);;2*1H2/q;+1;;/p-1. The van der Waals surface area contributed by atoms with Gasteiger partial charge in [0.05, 0.1) is 5.60 Å². The van der Waals surface area contributed by atoms with Gasteiger partial charge in [0.1, 0.15) is 11.6 Å². The summed E-state index contributed by atoms with van der Waals surface area (Å²) in [5.41, 5.74) is -0.481. The van der Waals surface area contributed by atoms with Crippen LogP contribution in [-0.4, -0.2) is 66.6 Å². The molecule has 0 amide bonds. The zero-order chi connectivity index (χ0) is 22.2. The number of aliphatic carboxylic acids is 1. The summed E-state index contributed by atoms with van der Waals surface area (Å²) in [6.45, 7) is 0.282. The van der Waals surface area contributed by atoms with E-state index in [-0.39, 0.29) is 35.5 Å².